The first-order chi connectivity index (χ1) is 8.84. The molecule has 1 aliphatic rings. The zero-order valence-corrected chi connectivity index (χ0v) is 12.0. The second-order valence-corrected chi connectivity index (χ2v) is 5.34. The summed E-state index contributed by atoms with van der Waals surface area (Å²) in [6.45, 7) is 3.17. The van der Waals surface area contributed by atoms with Gasteiger partial charge in [0.25, 0.3) is 0 Å². The molecule has 1 rings (SSSR count). The molecular formula is C16H29NO. The molecule has 0 unspecified atom stereocenters. The Morgan fingerprint density at radius 2 is 1.83 bits per heavy atom. The number of carbonyl (C=O) groups is 1. The Balaban J connectivity index is 2.06. The standard InChI is InChI=1S/C16H29NO/c1-2-3-4-5-6-7-8-11-14-17-15-12-9-10-13-16(17)18/h11,14H,2-10,12-13,15H2,1H3/b14-11+. The SMILES string of the molecule is CCCCCCCC/C=C/N1CCCCCC1=O. The fourth-order valence-electron chi connectivity index (χ4n) is 2.41. The van der Waals surface area contributed by atoms with Crippen LogP contribution >= 0.6 is 0 Å². The minimum absolute atomic E-state index is 0.312. The van der Waals surface area contributed by atoms with E-state index >= 15 is 0 Å². The van der Waals surface area contributed by atoms with Gasteiger partial charge in [0.05, 0.1) is 0 Å². The smallest absolute Gasteiger partial charge is 0.226 e. The Bertz CT molecular complexity index is 247. The first-order valence-corrected chi connectivity index (χ1v) is 7.80. The van der Waals surface area contributed by atoms with Crippen LogP contribution in [0.1, 0.15) is 77.6 Å². The summed E-state index contributed by atoms with van der Waals surface area (Å²) in [5, 5.41) is 0. The Morgan fingerprint density at radius 1 is 1.06 bits per heavy atom. The van der Waals surface area contributed by atoms with E-state index in [1.807, 2.05) is 11.1 Å². The molecule has 0 saturated carbocycles. The molecule has 1 amide bonds. The minimum Gasteiger partial charge on any atom is -0.319 e. The van der Waals surface area contributed by atoms with Crippen LogP contribution in [0, 0.1) is 0 Å². The van der Waals surface area contributed by atoms with Crippen molar-refractivity contribution in [3.63, 3.8) is 0 Å². The van der Waals surface area contributed by atoms with Gasteiger partial charge in [-0.05, 0) is 25.7 Å². The van der Waals surface area contributed by atoms with Crippen molar-refractivity contribution in [2.45, 2.75) is 77.6 Å². The zero-order valence-electron chi connectivity index (χ0n) is 12.0. The van der Waals surface area contributed by atoms with Crippen LogP contribution in [0.2, 0.25) is 0 Å². The molecule has 0 bridgehead atoms. The third-order valence-electron chi connectivity index (χ3n) is 3.62. The third kappa shape index (κ3) is 6.83. The Morgan fingerprint density at radius 3 is 2.67 bits per heavy atom. The van der Waals surface area contributed by atoms with E-state index in [0.717, 1.165) is 32.2 Å². The average Bonchev–Trinajstić information content (AvgIpc) is 2.58. The molecule has 1 aliphatic heterocycles. The van der Waals surface area contributed by atoms with Crippen LogP contribution in [-0.2, 0) is 4.79 Å². The average molecular weight is 251 g/mol. The second-order valence-electron chi connectivity index (χ2n) is 5.34. The van der Waals surface area contributed by atoms with E-state index in [1.54, 1.807) is 0 Å². The summed E-state index contributed by atoms with van der Waals surface area (Å²) in [5.41, 5.74) is 0. The van der Waals surface area contributed by atoms with Crippen LogP contribution in [0.25, 0.3) is 0 Å². The first kappa shape index (κ1) is 15.3. The van der Waals surface area contributed by atoms with E-state index in [4.69, 9.17) is 0 Å². The molecule has 2 heteroatoms. The normalized spacial score (nSPS) is 17.4. The van der Waals surface area contributed by atoms with Gasteiger partial charge in [-0.25, -0.2) is 0 Å². The van der Waals surface area contributed by atoms with Gasteiger partial charge in [0, 0.05) is 19.2 Å². The largest absolute Gasteiger partial charge is 0.319 e. The number of amides is 1. The van der Waals surface area contributed by atoms with Gasteiger partial charge in [0.1, 0.15) is 0 Å². The van der Waals surface area contributed by atoms with Crippen molar-refractivity contribution in [1.82, 2.24) is 4.90 Å². The molecule has 0 aromatic carbocycles. The Labute approximate surface area is 112 Å². The summed E-state index contributed by atoms with van der Waals surface area (Å²) in [5.74, 6) is 0.312. The molecular weight excluding hydrogens is 222 g/mol. The maximum atomic E-state index is 11.7. The molecule has 18 heavy (non-hydrogen) atoms. The summed E-state index contributed by atoms with van der Waals surface area (Å²) in [6.07, 6.45) is 17.5. The molecule has 0 N–H and O–H groups in total. The van der Waals surface area contributed by atoms with Crippen LogP contribution in [0.3, 0.4) is 0 Å². The molecule has 0 atom stereocenters. The van der Waals surface area contributed by atoms with Gasteiger partial charge in [0.15, 0.2) is 0 Å². The molecule has 2 nitrogen and oxygen atoms in total. The monoisotopic (exact) mass is 251 g/mol. The molecule has 0 aromatic rings. The lowest BCUT2D eigenvalue weighted by atomic mass is 10.1. The van der Waals surface area contributed by atoms with Gasteiger partial charge < -0.3 is 4.90 Å². The van der Waals surface area contributed by atoms with Crippen molar-refractivity contribution in [2.75, 3.05) is 6.54 Å². The molecule has 0 spiro atoms. The highest BCUT2D eigenvalue weighted by molar-refractivity contribution is 5.77. The van der Waals surface area contributed by atoms with Gasteiger partial charge in [0.2, 0.25) is 5.91 Å². The summed E-state index contributed by atoms with van der Waals surface area (Å²) in [6, 6.07) is 0. The molecule has 104 valence electrons. The minimum atomic E-state index is 0.312. The van der Waals surface area contributed by atoms with Crippen molar-refractivity contribution in [3.05, 3.63) is 12.3 Å². The number of hydrogen-bond donors (Lipinski definition) is 0. The number of allylic oxidation sites excluding steroid dienone is 1. The molecule has 0 aromatic heterocycles. The number of hydrogen-bond acceptors (Lipinski definition) is 1. The van der Waals surface area contributed by atoms with E-state index in [2.05, 4.69) is 13.0 Å². The number of likely N-dealkylation sites (tertiary alicyclic amines) is 1. The first-order valence-electron chi connectivity index (χ1n) is 7.80. The molecule has 1 fully saturated rings. The highest BCUT2D eigenvalue weighted by atomic mass is 16.2. The fraction of sp³-hybridized carbons (Fsp3) is 0.812. The van der Waals surface area contributed by atoms with Crippen molar-refractivity contribution in [2.24, 2.45) is 0 Å². The predicted octanol–water partition coefficient (Wildman–Crippen LogP) is 4.65. The van der Waals surface area contributed by atoms with E-state index in [1.165, 1.54) is 44.9 Å². The number of carbonyl (C=O) groups excluding carboxylic acids is 1. The lowest BCUT2D eigenvalue weighted by molar-refractivity contribution is -0.128. The summed E-state index contributed by atoms with van der Waals surface area (Å²) in [4.78, 5) is 13.6. The zero-order chi connectivity index (χ0) is 13.1. The lowest BCUT2D eigenvalue weighted by Gasteiger charge is -2.14. The quantitative estimate of drug-likeness (QED) is 0.575. The number of rotatable bonds is 8. The summed E-state index contributed by atoms with van der Waals surface area (Å²) in [7, 11) is 0. The van der Waals surface area contributed by atoms with Crippen molar-refractivity contribution in [3.8, 4) is 0 Å². The second kappa shape index (κ2) is 10.2. The van der Waals surface area contributed by atoms with Gasteiger partial charge >= 0.3 is 0 Å². The van der Waals surface area contributed by atoms with Gasteiger partial charge in [-0.1, -0.05) is 51.5 Å². The molecule has 0 radical (unpaired) electrons. The topological polar surface area (TPSA) is 20.3 Å². The van der Waals surface area contributed by atoms with Crippen LogP contribution < -0.4 is 0 Å². The molecule has 0 aliphatic carbocycles. The van der Waals surface area contributed by atoms with E-state index in [-0.39, 0.29) is 0 Å². The lowest BCUT2D eigenvalue weighted by Crippen LogP contribution is -2.24. The van der Waals surface area contributed by atoms with Crippen LogP contribution in [0.5, 0.6) is 0 Å². The van der Waals surface area contributed by atoms with Crippen molar-refractivity contribution < 1.29 is 4.79 Å². The maximum absolute atomic E-state index is 11.7. The fourth-order valence-corrected chi connectivity index (χ4v) is 2.41. The summed E-state index contributed by atoms with van der Waals surface area (Å²) >= 11 is 0. The molecule has 1 saturated heterocycles. The Kier molecular flexibility index (Phi) is 8.62. The number of nitrogens with zero attached hydrogens (tertiary/aromatic N) is 1. The number of unbranched alkanes of at least 4 members (excludes halogenated alkanes) is 6. The van der Waals surface area contributed by atoms with Gasteiger partial charge in [-0.2, -0.15) is 0 Å². The maximum Gasteiger partial charge on any atom is 0.226 e. The van der Waals surface area contributed by atoms with Crippen LogP contribution in [0.15, 0.2) is 12.3 Å². The highest BCUT2D eigenvalue weighted by Crippen LogP contribution is 2.12. The summed E-state index contributed by atoms with van der Waals surface area (Å²) < 4.78 is 0. The molecule has 1 heterocycles. The van der Waals surface area contributed by atoms with Gasteiger partial charge in [-0.3, -0.25) is 4.79 Å². The highest BCUT2D eigenvalue weighted by Gasteiger charge is 2.13. The predicted molar refractivity (Wildman–Crippen MR) is 77.3 cm³/mol. The van der Waals surface area contributed by atoms with Crippen molar-refractivity contribution in [1.29, 1.82) is 0 Å². The van der Waals surface area contributed by atoms with Crippen LogP contribution in [-0.4, -0.2) is 17.4 Å². The van der Waals surface area contributed by atoms with Gasteiger partial charge in [-0.15, -0.1) is 0 Å². The van der Waals surface area contributed by atoms with E-state index in [9.17, 15) is 4.79 Å². The van der Waals surface area contributed by atoms with Crippen molar-refractivity contribution >= 4 is 5.91 Å². The van der Waals surface area contributed by atoms with E-state index in [0.29, 0.717) is 5.91 Å². The van der Waals surface area contributed by atoms with Crippen LogP contribution in [0.4, 0.5) is 0 Å². The Hall–Kier alpha value is -0.790. The van der Waals surface area contributed by atoms with E-state index < -0.39 is 0 Å². The third-order valence-corrected chi connectivity index (χ3v) is 3.62.